The lowest BCUT2D eigenvalue weighted by Crippen LogP contribution is -2.15. The average molecular weight is 309 g/mol. The third-order valence-corrected chi connectivity index (χ3v) is 3.12. The second-order valence-corrected chi connectivity index (χ2v) is 4.64. The molecule has 116 valence electrons. The molecule has 0 saturated carbocycles. The molecule has 0 bridgehead atoms. The molecule has 6 nitrogen and oxygen atoms in total. The fourth-order valence-electron chi connectivity index (χ4n) is 2.03. The zero-order chi connectivity index (χ0) is 16.4. The lowest BCUT2D eigenvalue weighted by atomic mass is 10.1. The van der Waals surface area contributed by atoms with Crippen LogP contribution >= 0.6 is 0 Å². The Bertz CT molecular complexity index is 741. The summed E-state index contributed by atoms with van der Waals surface area (Å²) in [5.74, 6) is -1.91. The highest BCUT2D eigenvalue weighted by molar-refractivity contribution is 6.06. The van der Waals surface area contributed by atoms with Crippen molar-refractivity contribution in [3.63, 3.8) is 0 Å². The molecule has 1 amide bonds. The van der Waals surface area contributed by atoms with Crippen LogP contribution in [0.25, 0.3) is 0 Å². The number of carboxylic acids is 1. The van der Waals surface area contributed by atoms with Crippen LogP contribution in [0, 0.1) is 6.92 Å². The Kier molecular flexibility index (Phi) is 4.20. The van der Waals surface area contributed by atoms with Crippen molar-refractivity contribution in [2.45, 2.75) is 13.3 Å². The number of hydrogen-bond donors (Lipinski definition) is 2. The van der Waals surface area contributed by atoms with Gasteiger partial charge in [-0.25, -0.2) is 13.6 Å². The highest BCUT2D eigenvalue weighted by Crippen LogP contribution is 2.24. The van der Waals surface area contributed by atoms with Gasteiger partial charge in [0.05, 0.1) is 11.1 Å². The second-order valence-electron chi connectivity index (χ2n) is 4.64. The van der Waals surface area contributed by atoms with Crippen LogP contribution in [0.3, 0.4) is 0 Å². The number of nitrogens with one attached hydrogen (secondary N) is 1. The van der Waals surface area contributed by atoms with E-state index in [1.54, 1.807) is 0 Å². The van der Waals surface area contributed by atoms with Gasteiger partial charge in [-0.05, 0) is 24.6 Å². The first-order chi connectivity index (χ1) is 10.3. The molecule has 1 aromatic carbocycles. The maximum Gasteiger partial charge on any atom is 0.336 e. The summed E-state index contributed by atoms with van der Waals surface area (Å²) in [5, 5.41) is 15.0. The van der Waals surface area contributed by atoms with E-state index in [2.05, 4.69) is 10.4 Å². The molecular formula is C14H13F2N3O3. The number of alkyl halides is 2. The lowest BCUT2D eigenvalue weighted by Gasteiger charge is -2.10. The number of aromatic carboxylic acids is 1. The topological polar surface area (TPSA) is 84.2 Å². The van der Waals surface area contributed by atoms with Crippen LogP contribution in [0.5, 0.6) is 0 Å². The van der Waals surface area contributed by atoms with Crippen LogP contribution in [-0.2, 0) is 7.05 Å². The number of amides is 1. The molecule has 0 aliphatic carbocycles. The van der Waals surface area contributed by atoms with Crippen molar-refractivity contribution in [1.82, 2.24) is 9.78 Å². The average Bonchev–Trinajstić information content (AvgIpc) is 2.83. The number of hydrogen-bond acceptors (Lipinski definition) is 3. The predicted molar refractivity (Wildman–Crippen MR) is 74.3 cm³/mol. The zero-order valence-electron chi connectivity index (χ0n) is 11.8. The van der Waals surface area contributed by atoms with Gasteiger partial charge in [-0.2, -0.15) is 5.10 Å². The molecule has 1 aromatic heterocycles. The van der Waals surface area contributed by atoms with Gasteiger partial charge in [0.1, 0.15) is 5.69 Å². The molecule has 8 heteroatoms. The summed E-state index contributed by atoms with van der Waals surface area (Å²) in [6.45, 7) is 1.52. The third-order valence-electron chi connectivity index (χ3n) is 3.12. The molecule has 0 spiro atoms. The van der Waals surface area contributed by atoms with Crippen LogP contribution in [0.4, 0.5) is 14.5 Å². The molecule has 0 atom stereocenters. The smallest absolute Gasteiger partial charge is 0.336 e. The number of carbonyl (C=O) groups is 2. The van der Waals surface area contributed by atoms with Crippen LogP contribution in [0.1, 0.15) is 38.4 Å². The van der Waals surface area contributed by atoms with Crippen LogP contribution < -0.4 is 5.32 Å². The summed E-state index contributed by atoms with van der Waals surface area (Å²) in [6.07, 6.45) is -1.69. The van der Waals surface area contributed by atoms with E-state index in [9.17, 15) is 18.4 Å². The van der Waals surface area contributed by atoms with Gasteiger partial charge in [0, 0.05) is 18.9 Å². The van der Waals surface area contributed by atoms with E-state index in [4.69, 9.17) is 5.11 Å². The quantitative estimate of drug-likeness (QED) is 0.909. The summed E-state index contributed by atoms with van der Waals surface area (Å²) in [6, 6.07) is 4.35. The normalized spacial score (nSPS) is 10.8. The van der Waals surface area contributed by atoms with E-state index in [1.807, 2.05) is 0 Å². The van der Waals surface area contributed by atoms with Crippen molar-refractivity contribution in [3.8, 4) is 0 Å². The number of carbonyl (C=O) groups excluding carboxylic acids is 1. The molecule has 2 rings (SSSR count). The van der Waals surface area contributed by atoms with Gasteiger partial charge in [-0.15, -0.1) is 0 Å². The Morgan fingerprint density at radius 1 is 1.32 bits per heavy atom. The molecule has 0 aliphatic rings. The van der Waals surface area contributed by atoms with Gasteiger partial charge in [-0.3, -0.25) is 9.48 Å². The minimum atomic E-state index is -2.88. The van der Waals surface area contributed by atoms with E-state index >= 15 is 0 Å². The van der Waals surface area contributed by atoms with Gasteiger partial charge < -0.3 is 10.4 Å². The van der Waals surface area contributed by atoms with Crippen molar-refractivity contribution in [3.05, 3.63) is 46.8 Å². The maximum absolute atomic E-state index is 12.9. The monoisotopic (exact) mass is 309 g/mol. The molecule has 0 saturated heterocycles. The number of rotatable bonds is 4. The van der Waals surface area contributed by atoms with Gasteiger partial charge in [0.25, 0.3) is 12.3 Å². The van der Waals surface area contributed by atoms with Crippen LogP contribution in [-0.4, -0.2) is 26.8 Å². The van der Waals surface area contributed by atoms with E-state index in [0.29, 0.717) is 5.56 Å². The molecule has 0 radical (unpaired) electrons. The Labute approximate surface area is 124 Å². The molecule has 0 unspecified atom stereocenters. The van der Waals surface area contributed by atoms with E-state index < -0.39 is 24.0 Å². The Morgan fingerprint density at radius 3 is 2.59 bits per heavy atom. The number of benzene rings is 1. The summed E-state index contributed by atoms with van der Waals surface area (Å²) < 4.78 is 26.8. The first-order valence-corrected chi connectivity index (χ1v) is 6.27. The number of aromatic nitrogens is 2. The minimum Gasteiger partial charge on any atom is -0.478 e. The Balaban J connectivity index is 2.34. The zero-order valence-corrected chi connectivity index (χ0v) is 11.8. The first kappa shape index (κ1) is 15.6. The van der Waals surface area contributed by atoms with E-state index in [0.717, 1.165) is 4.68 Å². The molecular weight excluding hydrogens is 296 g/mol. The van der Waals surface area contributed by atoms with Crippen molar-refractivity contribution in [2.75, 3.05) is 5.32 Å². The lowest BCUT2D eigenvalue weighted by molar-refractivity contribution is 0.0695. The highest BCUT2D eigenvalue weighted by atomic mass is 19.3. The summed E-state index contributed by atoms with van der Waals surface area (Å²) in [5.41, 5.74) is -0.262. The summed E-state index contributed by atoms with van der Waals surface area (Å²) in [7, 11) is 1.43. The van der Waals surface area contributed by atoms with Gasteiger partial charge in [-0.1, -0.05) is 6.07 Å². The Morgan fingerprint density at radius 2 is 2.00 bits per heavy atom. The highest BCUT2D eigenvalue weighted by Gasteiger charge is 2.23. The van der Waals surface area contributed by atoms with Gasteiger partial charge >= 0.3 is 5.97 Å². The minimum absolute atomic E-state index is 0.0260. The van der Waals surface area contributed by atoms with Crippen molar-refractivity contribution < 1.29 is 23.5 Å². The number of carboxylic acid groups (broad SMARTS) is 1. The van der Waals surface area contributed by atoms with E-state index in [1.165, 1.54) is 38.4 Å². The molecule has 1 heterocycles. The molecule has 0 aliphatic heterocycles. The predicted octanol–water partition coefficient (Wildman–Crippen LogP) is 2.62. The number of anilines is 1. The molecule has 0 fully saturated rings. The third kappa shape index (κ3) is 2.95. The number of aryl methyl sites for hydroxylation is 1. The van der Waals surface area contributed by atoms with Gasteiger partial charge in [0.15, 0.2) is 0 Å². The van der Waals surface area contributed by atoms with Crippen LogP contribution in [0.2, 0.25) is 0 Å². The van der Waals surface area contributed by atoms with Crippen molar-refractivity contribution >= 4 is 17.6 Å². The standard InChI is InChI=1S/C14H13F2N3O3/c1-7-8(14(21)22)4-3-5-10(7)17-13(20)9-6-19(2)18-11(9)12(15)16/h3-6,12H,1-2H3,(H,17,20)(H,21,22). The maximum atomic E-state index is 12.9. The van der Waals surface area contributed by atoms with E-state index in [-0.39, 0.29) is 16.8 Å². The largest absolute Gasteiger partial charge is 0.478 e. The van der Waals surface area contributed by atoms with Crippen molar-refractivity contribution in [2.24, 2.45) is 7.05 Å². The molecule has 2 N–H and O–H groups in total. The second kappa shape index (κ2) is 5.92. The SMILES string of the molecule is Cc1c(NC(=O)c2cn(C)nc2C(F)F)cccc1C(=O)O. The number of halogens is 2. The van der Waals surface area contributed by atoms with Crippen molar-refractivity contribution in [1.29, 1.82) is 0 Å². The number of nitrogens with zero attached hydrogens (tertiary/aromatic N) is 2. The first-order valence-electron chi connectivity index (χ1n) is 6.27. The fourth-order valence-corrected chi connectivity index (χ4v) is 2.03. The fraction of sp³-hybridized carbons (Fsp3) is 0.214. The summed E-state index contributed by atoms with van der Waals surface area (Å²) >= 11 is 0. The van der Waals surface area contributed by atoms with Gasteiger partial charge in [0.2, 0.25) is 0 Å². The molecule has 22 heavy (non-hydrogen) atoms. The Hall–Kier alpha value is -2.77. The summed E-state index contributed by atoms with van der Waals surface area (Å²) in [4.78, 5) is 23.2. The van der Waals surface area contributed by atoms with Crippen LogP contribution in [0.15, 0.2) is 24.4 Å². The molecule has 2 aromatic rings.